The summed E-state index contributed by atoms with van der Waals surface area (Å²) in [5.41, 5.74) is -1.69. The van der Waals surface area contributed by atoms with Crippen LogP contribution < -0.4 is 10.6 Å². The molecule has 430 valence electrons. The van der Waals surface area contributed by atoms with Crippen LogP contribution in [0.3, 0.4) is 0 Å². The van der Waals surface area contributed by atoms with Gasteiger partial charge in [-0.05, 0) is 70.0 Å². The monoisotopic (exact) mass is 1070 g/mol. The van der Waals surface area contributed by atoms with Gasteiger partial charge >= 0.3 is 5.97 Å². The number of rotatable bonds is 32. The van der Waals surface area contributed by atoms with E-state index < -0.39 is 27.9 Å². The summed E-state index contributed by atoms with van der Waals surface area (Å²) in [6.45, 7) is 47.6. The van der Waals surface area contributed by atoms with Gasteiger partial charge in [0.2, 0.25) is 11.8 Å². The van der Waals surface area contributed by atoms with Gasteiger partial charge in [0.15, 0.2) is 17.6 Å². The van der Waals surface area contributed by atoms with E-state index in [2.05, 4.69) is 160 Å². The second-order valence-corrected chi connectivity index (χ2v) is 27.7. The van der Waals surface area contributed by atoms with Crippen molar-refractivity contribution in [2.45, 2.75) is 201 Å². The molecule has 0 heterocycles. The fourth-order valence-corrected chi connectivity index (χ4v) is 11.3. The Morgan fingerprint density at radius 1 is 0.722 bits per heavy atom. The summed E-state index contributed by atoms with van der Waals surface area (Å²) in [5.74, 6) is 0.412. The van der Waals surface area contributed by atoms with E-state index in [-0.39, 0.29) is 58.5 Å². The van der Waals surface area contributed by atoms with Crippen LogP contribution in [-0.2, 0) is 39.8 Å². The first-order valence-corrected chi connectivity index (χ1v) is 28.6. The molecule has 16 heteroatoms. The smallest absolute Gasteiger partial charge is 0.359 e. The number of likely N-dealkylation sites (N-methyl/N-ethyl adjacent to an activating group) is 1. The molecule has 0 aromatic rings. The predicted molar refractivity (Wildman–Crippen MR) is 304 cm³/mol. The second kappa shape index (κ2) is 34.4. The zero-order chi connectivity index (χ0) is 57.8. The van der Waals surface area contributed by atoms with Gasteiger partial charge in [0, 0.05) is 37.5 Å². The molecule has 0 aromatic carbocycles. The molecule has 0 aliphatic heterocycles. The number of carbonyl (C=O) groups excluding carboxylic acids is 3. The second-order valence-electron chi connectivity index (χ2n) is 25.9. The molecule has 5 N–H and O–H groups in total. The number of ether oxygens (including phenoxy) is 1. The van der Waals surface area contributed by atoms with Gasteiger partial charge in [-0.3, -0.25) is 19.2 Å². The van der Waals surface area contributed by atoms with Crippen LogP contribution in [0.5, 0.6) is 0 Å². The molecule has 0 rings (SSSR count). The number of unbranched alkanes of at least 4 members (excludes halogenated alkanes) is 1. The summed E-state index contributed by atoms with van der Waals surface area (Å²) in [6, 6.07) is 0. The van der Waals surface area contributed by atoms with Crippen molar-refractivity contribution in [3.05, 3.63) is 0 Å². The van der Waals surface area contributed by atoms with Gasteiger partial charge in [-0.1, -0.05) is 144 Å². The van der Waals surface area contributed by atoms with E-state index in [1.165, 1.54) is 0 Å². The van der Waals surface area contributed by atoms with Crippen LogP contribution in [0.1, 0.15) is 196 Å². The maximum absolute atomic E-state index is 14.5. The highest BCUT2D eigenvalue weighted by Gasteiger charge is 2.64. The van der Waals surface area contributed by atoms with E-state index >= 15 is 0 Å². The molecule has 0 bridgehead atoms. The Balaban J connectivity index is -0.000000871. The average Bonchev–Trinajstić information content (AvgIpc) is 3.21. The Morgan fingerprint density at radius 3 is 1.68 bits per heavy atom. The molecule has 2 amide bonds. The Labute approximate surface area is 450 Å². The largest absolute Gasteiger partial charge is 0.483 e. The Bertz CT molecular complexity index is 1570. The predicted octanol–water partition coefficient (Wildman–Crippen LogP) is 11.2. The number of nitrogens with zero attached hydrogens (tertiary/aromatic N) is 2. The van der Waals surface area contributed by atoms with Crippen LogP contribution in [0.4, 0.5) is 0 Å². The van der Waals surface area contributed by atoms with Crippen LogP contribution in [0.2, 0.25) is 0 Å². The summed E-state index contributed by atoms with van der Waals surface area (Å²) in [4.78, 5) is 55.4. The van der Waals surface area contributed by atoms with Crippen molar-refractivity contribution in [2.75, 3.05) is 79.8 Å². The third-order valence-corrected chi connectivity index (χ3v) is 17.8. The molecule has 0 spiro atoms. The summed E-state index contributed by atoms with van der Waals surface area (Å²) in [6.07, 6.45) is 9.06. The lowest BCUT2D eigenvalue weighted by Gasteiger charge is -2.65. The highest BCUT2D eigenvalue weighted by atomic mass is 32.2. The lowest BCUT2D eigenvalue weighted by atomic mass is 9.39. The number of carbonyl (C=O) groups is 5. The highest BCUT2D eigenvalue weighted by Crippen LogP contribution is 2.68. The topological polar surface area (TPSA) is 196 Å². The van der Waals surface area contributed by atoms with Gasteiger partial charge in [0.25, 0.3) is 12.9 Å². The molecule has 0 aliphatic carbocycles. The van der Waals surface area contributed by atoms with Crippen molar-refractivity contribution in [3.63, 3.8) is 0 Å². The fraction of sp³-hybridized carbons (Fsp3) is 0.911. The van der Waals surface area contributed by atoms with E-state index in [1.807, 2.05) is 27.9 Å². The van der Waals surface area contributed by atoms with E-state index in [0.717, 1.165) is 68.9 Å². The summed E-state index contributed by atoms with van der Waals surface area (Å²) in [7, 11) is 8.32. The van der Waals surface area contributed by atoms with E-state index in [9.17, 15) is 33.0 Å². The normalized spacial score (nSPS) is 15.2. The van der Waals surface area contributed by atoms with Crippen LogP contribution in [-0.4, -0.2) is 144 Å². The maximum Gasteiger partial charge on any atom is 0.359 e. The van der Waals surface area contributed by atoms with Crippen molar-refractivity contribution in [3.8, 4) is 0 Å². The average molecular weight is 1070 g/mol. The SMILES string of the molecule is CC.CC(C(CC[N+](C)(C)CCCS(=O)O)C(C)(C)C)C(C)(C)C(C)(C)C(C)(C)C(C)(C)C(C)(CC(C)(C)C)C(=O)NCCC[N+](C)(C)CC(=O)O.CCCC(S)CCCCC(=O)NCCOC=O.O=CO. The molecule has 5 unspecified atom stereocenters. The van der Waals surface area contributed by atoms with Gasteiger partial charge in [-0.2, -0.15) is 12.6 Å². The van der Waals surface area contributed by atoms with Gasteiger partial charge in [-0.15, -0.1) is 0 Å². The number of aliphatic carboxylic acids is 1. The summed E-state index contributed by atoms with van der Waals surface area (Å²) >= 11 is 2.72. The van der Waals surface area contributed by atoms with Crippen LogP contribution in [0, 0.1) is 49.7 Å². The molecule has 14 nitrogen and oxygen atoms in total. The number of carboxylic acid groups (broad SMARTS) is 2. The maximum atomic E-state index is 14.5. The van der Waals surface area contributed by atoms with E-state index in [4.69, 9.17) is 9.90 Å². The highest BCUT2D eigenvalue weighted by molar-refractivity contribution is 7.81. The van der Waals surface area contributed by atoms with Crippen molar-refractivity contribution in [1.29, 1.82) is 0 Å². The third kappa shape index (κ3) is 28.0. The number of carboxylic acids is 1. The number of thiol groups is 1. The summed E-state index contributed by atoms with van der Waals surface area (Å²) < 4.78 is 26.2. The first-order valence-electron chi connectivity index (χ1n) is 26.8. The van der Waals surface area contributed by atoms with E-state index in [0.29, 0.717) is 66.3 Å². The molecule has 0 saturated heterocycles. The third-order valence-electron chi connectivity index (χ3n) is 16.7. The molecule has 0 saturated carbocycles. The Hall–Kier alpha value is -2.27. The van der Waals surface area contributed by atoms with Crippen molar-refractivity contribution >= 4 is 54.4 Å². The first-order chi connectivity index (χ1) is 32.5. The minimum absolute atomic E-state index is 0.0192. The number of hydrogen-bond donors (Lipinski definition) is 6. The zero-order valence-electron chi connectivity index (χ0n) is 50.6. The molecule has 5 atom stereocenters. The van der Waals surface area contributed by atoms with Gasteiger partial charge in [-0.25, -0.2) is 9.00 Å². The minimum atomic E-state index is -1.75. The lowest BCUT2D eigenvalue weighted by molar-refractivity contribution is -0.891. The van der Waals surface area contributed by atoms with Crippen molar-refractivity contribution < 1.29 is 56.7 Å². The molecule has 0 fully saturated rings. The molecule has 0 aromatic heterocycles. The van der Waals surface area contributed by atoms with Crippen molar-refractivity contribution in [2.24, 2.45) is 49.7 Å². The Kier molecular flexibility index (Phi) is 36.4. The van der Waals surface area contributed by atoms with Gasteiger partial charge in [0.1, 0.15) is 6.61 Å². The fourth-order valence-electron chi connectivity index (χ4n) is 10.5. The quantitative estimate of drug-likeness (QED) is 0.0124. The molecule has 72 heavy (non-hydrogen) atoms. The number of amides is 2. The Morgan fingerprint density at radius 2 is 1.24 bits per heavy atom. The van der Waals surface area contributed by atoms with Crippen molar-refractivity contribution in [1.82, 2.24) is 10.6 Å². The molecular weight excluding hydrogens is 953 g/mol. The number of hydrogen-bond acceptors (Lipinski definition) is 8. The van der Waals surface area contributed by atoms with Crippen LogP contribution in [0.25, 0.3) is 0 Å². The first kappa shape index (κ1) is 76.2. The lowest BCUT2D eigenvalue weighted by Crippen LogP contribution is -2.62. The standard InChI is InChI=1S/C41H83N3O5S.C12H23NO3S.C2H6.CH2O2/c1-31(32(36(5,6)7)23-27-43(17,18)26-22-28-50(48)49)37(8,9)38(10,11)39(12,13)40(14,15)41(16,30-35(2,3)4)34(47)42-24-21-25-44(19,20)29-33(45)46;1-2-5-11(17)6-3-4-7-12(15)13-8-9-16-10-14;1-2;2-1-3/h31-32H,21-30H2,1-20H3,(H-2,42,45,46,47,48,49);10-11,17H,2-9H2,1H3,(H,13,15);1-2H3;1H,(H,2,3)/p+2. The zero-order valence-corrected chi connectivity index (χ0v) is 52.3. The van der Waals surface area contributed by atoms with Gasteiger partial charge in [0.05, 0.1) is 65.5 Å². The van der Waals surface area contributed by atoms with Crippen LogP contribution in [0.15, 0.2) is 0 Å². The van der Waals surface area contributed by atoms with Gasteiger partial charge < -0.3 is 39.1 Å². The minimum Gasteiger partial charge on any atom is -0.483 e. The number of nitrogens with one attached hydrogen (secondary N) is 2. The van der Waals surface area contributed by atoms with E-state index in [1.54, 1.807) is 0 Å². The van der Waals surface area contributed by atoms with Crippen LogP contribution >= 0.6 is 12.6 Å². The molecule has 0 aliphatic rings. The number of quaternary nitrogens is 2. The molecular formula is C56H116N4O10S2+2. The summed E-state index contributed by atoms with van der Waals surface area (Å²) in [5, 5.41) is 22.7. The molecule has 0 radical (unpaired) electrons.